The third kappa shape index (κ3) is 13.5. The molecule has 2 saturated heterocycles. The van der Waals surface area contributed by atoms with Gasteiger partial charge >= 0.3 is 5.97 Å². The van der Waals surface area contributed by atoms with Crippen molar-refractivity contribution in [2.75, 3.05) is 6.54 Å². The molecule has 16 nitrogen and oxygen atoms in total. The van der Waals surface area contributed by atoms with Gasteiger partial charge < -0.3 is 41.5 Å². The Balaban J connectivity index is 2.71. The summed E-state index contributed by atoms with van der Waals surface area (Å²) < 4.78 is 5.83. The Hall–Kier alpha value is -4.24. The number of fused-ring (bicyclic) bond motifs is 1. The highest BCUT2D eigenvalue weighted by atomic mass is 16.5. The second-order valence-corrected chi connectivity index (χ2v) is 17.6. The van der Waals surface area contributed by atoms with Crippen LogP contribution in [-0.4, -0.2) is 107 Å². The fourth-order valence-corrected chi connectivity index (χ4v) is 6.86. The normalized spacial score (nSPS) is 26.9. The van der Waals surface area contributed by atoms with Crippen LogP contribution in [0.3, 0.4) is 0 Å². The zero-order valence-corrected chi connectivity index (χ0v) is 35.7. The summed E-state index contributed by atoms with van der Waals surface area (Å²) in [6.45, 7) is 22.9. The van der Waals surface area contributed by atoms with Gasteiger partial charge in [-0.05, 0) is 61.7 Å². The van der Waals surface area contributed by atoms with Crippen LogP contribution in [-0.2, 0) is 43.1 Å². The van der Waals surface area contributed by atoms with E-state index in [9.17, 15) is 38.4 Å². The lowest BCUT2D eigenvalue weighted by Crippen LogP contribution is -2.62. The second kappa shape index (κ2) is 21.3. The van der Waals surface area contributed by atoms with Gasteiger partial charge in [0.15, 0.2) is 0 Å². The zero-order valence-electron chi connectivity index (χ0n) is 35.7. The molecule has 0 aliphatic carbocycles. The average molecular weight is 792 g/mol. The van der Waals surface area contributed by atoms with Crippen LogP contribution in [0.5, 0.6) is 0 Å². The maximum absolute atomic E-state index is 14.3. The van der Waals surface area contributed by atoms with Crippen molar-refractivity contribution in [3.05, 3.63) is 0 Å². The summed E-state index contributed by atoms with van der Waals surface area (Å²) >= 11 is 0. The molecule has 2 aliphatic heterocycles. The minimum absolute atomic E-state index is 0.0250. The molecule has 2 aliphatic rings. The number of cyclic esters (lactones) is 1. The summed E-state index contributed by atoms with van der Waals surface area (Å²) in [7, 11) is 0. The Kier molecular flexibility index (Phi) is 18.2. The molecule has 16 heteroatoms. The van der Waals surface area contributed by atoms with E-state index >= 15 is 0 Å². The van der Waals surface area contributed by atoms with E-state index in [0.29, 0.717) is 12.8 Å². The van der Waals surface area contributed by atoms with Crippen LogP contribution in [0.2, 0.25) is 0 Å². The maximum atomic E-state index is 14.3. The first-order valence-electron chi connectivity index (χ1n) is 20.3. The SMILES string of the molecule is CC(C)CC(=O)N[C@H](C(=O)N[C@@H]1C(=O)N[C@H](CC(C)C)C(=O)N2CCC[C@H]2C(=O)N[C@@H](C(C)C)C(=O)N[C@@H](C(C)C)C(=O)NC(C(C)C)C(=O)O[C@@H]1C)C(C)C. The molecule has 0 aromatic rings. The van der Waals surface area contributed by atoms with Crippen LogP contribution < -0.4 is 31.9 Å². The first-order valence-corrected chi connectivity index (χ1v) is 20.3. The quantitative estimate of drug-likeness (QED) is 0.167. The third-order valence-corrected chi connectivity index (χ3v) is 10.1. The number of ether oxygens (including phenoxy) is 1. The van der Waals surface area contributed by atoms with Gasteiger partial charge in [-0.1, -0.05) is 83.1 Å². The minimum atomic E-state index is -1.55. The number of esters is 1. The predicted molar refractivity (Wildman–Crippen MR) is 210 cm³/mol. The number of rotatable bonds is 11. The number of hydrogen-bond donors (Lipinski definition) is 6. The van der Waals surface area contributed by atoms with Crippen molar-refractivity contribution >= 4 is 47.3 Å². The van der Waals surface area contributed by atoms with E-state index in [4.69, 9.17) is 4.74 Å². The van der Waals surface area contributed by atoms with E-state index in [2.05, 4.69) is 31.9 Å². The van der Waals surface area contributed by atoms with Gasteiger partial charge in [0.25, 0.3) is 0 Å². The van der Waals surface area contributed by atoms with Gasteiger partial charge in [0.1, 0.15) is 48.4 Å². The molecule has 1 unspecified atom stereocenters. The Labute approximate surface area is 332 Å². The molecule has 0 bridgehead atoms. The number of nitrogens with zero attached hydrogens (tertiary/aromatic N) is 1. The number of nitrogens with one attached hydrogen (secondary N) is 6. The summed E-state index contributed by atoms with van der Waals surface area (Å²) in [5, 5.41) is 16.5. The maximum Gasteiger partial charge on any atom is 0.329 e. The highest BCUT2D eigenvalue weighted by Crippen LogP contribution is 2.22. The largest absolute Gasteiger partial charge is 0.458 e. The molecule has 8 atom stereocenters. The molecule has 0 aromatic heterocycles. The molecular weight excluding hydrogens is 722 g/mol. The van der Waals surface area contributed by atoms with Gasteiger partial charge in [-0.3, -0.25) is 33.6 Å². The first-order chi connectivity index (χ1) is 26.0. The van der Waals surface area contributed by atoms with Gasteiger partial charge in [0.05, 0.1) is 0 Å². The van der Waals surface area contributed by atoms with Gasteiger partial charge in [-0.25, -0.2) is 4.79 Å². The standard InChI is InChI=1S/C40H69N7O9/c1-19(2)17-26-39(54)47-16-14-15-27(47)34(49)43-30(22(7)8)36(51)44-31(23(9)10)37(52)45-32(24(11)12)40(55)56-25(13)33(38(53)41-26)46-35(50)29(21(5)6)42-28(48)18-20(3)4/h19-27,29-33H,14-18H2,1-13H3,(H,41,53)(H,42,48)(H,43,49)(H,44,51)(H,45,52)(H,46,50)/t25-,26-,27+,29+,30+,31+,32?,33+/m1/s1. The monoisotopic (exact) mass is 792 g/mol. The topological polar surface area (TPSA) is 221 Å². The van der Waals surface area contributed by atoms with Gasteiger partial charge in [-0.2, -0.15) is 0 Å². The van der Waals surface area contributed by atoms with Gasteiger partial charge in [-0.15, -0.1) is 0 Å². The lowest BCUT2D eigenvalue weighted by atomic mass is 9.98. The third-order valence-electron chi connectivity index (χ3n) is 10.1. The van der Waals surface area contributed by atoms with E-state index in [1.54, 1.807) is 55.4 Å². The average Bonchev–Trinajstić information content (AvgIpc) is 3.57. The van der Waals surface area contributed by atoms with Crippen molar-refractivity contribution in [3.63, 3.8) is 0 Å². The van der Waals surface area contributed by atoms with Crippen LogP contribution in [0.15, 0.2) is 0 Å². The van der Waals surface area contributed by atoms with Crippen LogP contribution in [0.1, 0.15) is 116 Å². The molecule has 2 rings (SSSR count). The van der Waals surface area contributed by atoms with E-state index in [0.717, 1.165) is 0 Å². The molecule has 0 spiro atoms. The molecule has 6 N–H and O–H groups in total. The molecule has 2 fully saturated rings. The highest BCUT2D eigenvalue weighted by molar-refractivity contribution is 5.98. The highest BCUT2D eigenvalue weighted by Gasteiger charge is 2.43. The second-order valence-electron chi connectivity index (χ2n) is 17.6. The molecule has 56 heavy (non-hydrogen) atoms. The number of hydrogen-bond acceptors (Lipinski definition) is 9. The van der Waals surface area contributed by atoms with Gasteiger partial charge in [0.2, 0.25) is 41.4 Å². The van der Waals surface area contributed by atoms with Crippen LogP contribution in [0, 0.1) is 35.5 Å². The van der Waals surface area contributed by atoms with Crippen molar-refractivity contribution in [1.29, 1.82) is 0 Å². The first kappa shape index (κ1) is 47.9. The lowest BCUT2D eigenvalue weighted by molar-refractivity contribution is -0.157. The smallest absolute Gasteiger partial charge is 0.329 e. The van der Waals surface area contributed by atoms with Crippen molar-refractivity contribution in [2.24, 2.45) is 35.5 Å². The Bertz CT molecular complexity index is 1430. The molecular formula is C40H69N7O9. The summed E-state index contributed by atoms with van der Waals surface area (Å²) in [5.41, 5.74) is 0. The number of amides is 7. The summed E-state index contributed by atoms with van der Waals surface area (Å²) in [6.07, 6.45) is -0.157. The van der Waals surface area contributed by atoms with Crippen LogP contribution in [0.25, 0.3) is 0 Å². The Morgan fingerprint density at radius 1 is 0.714 bits per heavy atom. The minimum Gasteiger partial charge on any atom is -0.458 e. The fraction of sp³-hybridized carbons (Fsp3) is 0.800. The number of carbonyl (C=O) groups excluding carboxylic acids is 8. The molecule has 318 valence electrons. The zero-order chi connectivity index (χ0) is 42.8. The van der Waals surface area contributed by atoms with Crippen molar-refractivity contribution in [1.82, 2.24) is 36.8 Å². The van der Waals surface area contributed by atoms with Crippen molar-refractivity contribution in [3.8, 4) is 0 Å². The predicted octanol–water partition coefficient (Wildman–Crippen LogP) is 1.55. The molecule has 0 aromatic carbocycles. The summed E-state index contributed by atoms with van der Waals surface area (Å²) in [6, 6.07) is -8.05. The van der Waals surface area contributed by atoms with Crippen molar-refractivity contribution in [2.45, 2.75) is 164 Å². The Morgan fingerprint density at radius 2 is 1.23 bits per heavy atom. The Morgan fingerprint density at radius 3 is 1.71 bits per heavy atom. The van der Waals surface area contributed by atoms with Crippen molar-refractivity contribution < 1.29 is 43.1 Å². The fourth-order valence-electron chi connectivity index (χ4n) is 6.86. The molecule has 7 amide bonds. The van der Waals surface area contributed by atoms with Crippen LogP contribution >= 0.6 is 0 Å². The van der Waals surface area contributed by atoms with E-state index in [-0.39, 0.29) is 37.1 Å². The molecule has 0 saturated carbocycles. The van der Waals surface area contributed by atoms with E-state index in [1.165, 1.54) is 11.8 Å². The summed E-state index contributed by atoms with van der Waals surface area (Å²) in [5.74, 6) is -6.90. The molecule has 2 heterocycles. The van der Waals surface area contributed by atoms with Gasteiger partial charge in [0, 0.05) is 13.0 Å². The van der Waals surface area contributed by atoms with Crippen LogP contribution in [0.4, 0.5) is 0 Å². The summed E-state index contributed by atoms with van der Waals surface area (Å²) in [4.78, 5) is 112. The van der Waals surface area contributed by atoms with E-state index < -0.39 is 113 Å². The number of carbonyl (C=O) groups is 8. The lowest BCUT2D eigenvalue weighted by Gasteiger charge is -2.33. The van der Waals surface area contributed by atoms with E-state index in [1.807, 2.05) is 27.7 Å². The molecule has 0 radical (unpaired) electrons.